The van der Waals surface area contributed by atoms with Gasteiger partial charge in [-0.25, -0.2) is 0 Å². The van der Waals surface area contributed by atoms with Crippen LogP contribution in [0.25, 0.3) is 0 Å². The summed E-state index contributed by atoms with van der Waals surface area (Å²) in [7, 11) is 1.65. The van der Waals surface area contributed by atoms with Gasteiger partial charge in [0.1, 0.15) is 5.75 Å². The Morgan fingerprint density at radius 3 is 2.88 bits per heavy atom. The molecule has 4 nitrogen and oxygen atoms in total. The van der Waals surface area contributed by atoms with Gasteiger partial charge in [0.2, 0.25) is 0 Å². The van der Waals surface area contributed by atoms with Crippen molar-refractivity contribution in [3.63, 3.8) is 0 Å². The van der Waals surface area contributed by atoms with Crippen LogP contribution in [0.15, 0.2) is 18.2 Å². The lowest BCUT2D eigenvalue weighted by molar-refractivity contribution is 0.0707. The Morgan fingerprint density at radius 2 is 2.24 bits per heavy atom. The summed E-state index contributed by atoms with van der Waals surface area (Å²) in [5.41, 5.74) is 0.205. The quantitative estimate of drug-likeness (QED) is 0.823. The van der Waals surface area contributed by atoms with Crippen molar-refractivity contribution < 1.29 is 14.6 Å². The fourth-order valence-corrected chi connectivity index (χ4v) is 1.50. The number of carbonyl (C=O) groups is 1. The summed E-state index contributed by atoms with van der Waals surface area (Å²) < 4.78 is 5.16. The van der Waals surface area contributed by atoms with Crippen molar-refractivity contribution in [3.8, 4) is 5.75 Å². The number of phenols is 1. The van der Waals surface area contributed by atoms with E-state index in [1.165, 1.54) is 23.1 Å². The van der Waals surface area contributed by atoms with Crippen molar-refractivity contribution in [2.24, 2.45) is 0 Å². The zero-order valence-electron chi connectivity index (χ0n) is 9.94. The molecule has 0 heterocycles. The third kappa shape index (κ3) is 3.91. The molecule has 0 fully saturated rings. The monoisotopic (exact) mass is 257 g/mol. The number of benzene rings is 1. The molecule has 0 aliphatic rings. The number of halogens is 1. The molecule has 0 aromatic heterocycles. The topological polar surface area (TPSA) is 49.8 Å². The summed E-state index contributed by atoms with van der Waals surface area (Å²) in [6.07, 6.45) is 0. The molecule has 1 aromatic carbocycles. The van der Waals surface area contributed by atoms with Crippen LogP contribution in [0.5, 0.6) is 5.75 Å². The minimum Gasteiger partial charge on any atom is -0.507 e. The van der Waals surface area contributed by atoms with Crippen molar-refractivity contribution in [2.45, 2.75) is 6.92 Å². The number of phenolic OH excluding ortho intramolecular Hbond substituents is 1. The lowest BCUT2D eigenvalue weighted by atomic mass is 10.2. The van der Waals surface area contributed by atoms with Gasteiger partial charge < -0.3 is 14.7 Å². The van der Waals surface area contributed by atoms with Crippen molar-refractivity contribution in [1.29, 1.82) is 0 Å². The Bertz CT molecular complexity index is 395. The summed E-state index contributed by atoms with van der Waals surface area (Å²) in [5.74, 6) is -0.340. The van der Waals surface area contributed by atoms with E-state index in [1.807, 2.05) is 6.92 Å². The van der Waals surface area contributed by atoms with E-state index in [0.717, 1.165) is 0 Å². The number of aromatic hydroxyl groups is 1. The summed E-state index contributed by atoms with van der Waals surface area (Å²) in [5, 5.41) is 10.0. The number of rotatable bonds is 5. The van der Waals surface area contributed by atoms with Crippen molar-refractivity contribution in [1.82, 2.24) is 4.90 Å². The molecule has 1 N–H and O–H groups in total. The molecular formula is C12H16ClNO3. The first-order valence-corrected chi connectivity index (χ1v) is 5.75. The first-order chi connectivity index (χ1) is 8.06. The second-order valence-electron chi connectivity index (χ2n) is 3.59. The highest BCUT2D eigenvalue weighted by Crippen LogP contribution is 2.22. The van der Waals surface area contributed by atoms with Crippen LogP contribution in [0.3, 0.4) is 0 Å². The van der Waals surface area contributed by atoms with Crippen LogP contribution in [-0.2, 0) is 4.74 Å². The van der Waals surface area contributed by atoms with Gasteiger partial charge in [-0.3, -0.25) is 4.79 Å². The number of ether oxygens (including phenoxy) is 1. The number of carbonyl (C=O) groups excluding carboxylic acids is 1. The van der Waals surface area contributed by atoms with Crippen LogP contribution in [-0.4, -0.2) is 42.7 Å². The van der Waals surface area contributed by atoms with Crippen LogP contribution < -0.4 is 0 Å². The van der Waals surface area contributed by atoms with E-state index < -0.39 is 0 Å². The summed E-state index contributed by atoms with van der Waals surface area (Å²) in [6, 6.07) is 4.40. The van der Waals surface area contributed by atoms with Crippen LogP contribution in [0.4, 0.5) is 0 Å². The van der Waals surface area contributed by atoms with Crippen LogP contribution in [0.1, 0.15) is 17.3 Å². The average molecular weight is 258 g/mol. The standard InChI is InChI=1S/C12H16ClNO3/c1-3-17-7-6-14(2)12(16)10-8-9(13)4-5-11(10)15/h4-5,8,15H,3,6-7H2,1-2H3. The number of amides is 1. The van der Waals surface area contributed by atoms with Gasteiger partial charge in [0.25, 0.3) is 5.91 Å². The van der Waals surface area contributed by atoms with E-state index in [2.05, 4.69) is 0 Å². The van der Waals surface area contributed by atoms with Crippen molar-refractivity contribution >= 4 is 17.5 Å². The highest BCUT2D eigenvalue weighted by atomic mass is 35.5. The predicted molar refractivity (Wildman–Crippen MR) is 66.6 cm³/mol. The van der Waals surface area contributed by atoms with E-state index in [1.54, 1.807) is 7.05 Å². The molecule has 5 heteroatoms. The number of nitrogens with zero attached hydrogens (tertiary/aromatic N) is 1. The molecule has 0 spiro atoms. The van der Waals surface area contributed by atoms with Gasteiger partial charge in [0.15, 0.2) is 0 Å². The second-order valence-corrected chi connectivity index (χ2v) is 4.02. The van der Waals surface area contributed by atoms with Crippen LogP contribution in [0, 0.1) is 0 Å². The molecule has 0 radical (unpaired) electrons. The molecule has 0 unspecified atom stereocenters. The number of hydrogen-bond acceptors (Lipinski definition) is 3. The first kappa shape index (κ1) is 13.8. The Kier molecular flexibility index (Phi) is 5.25. The third-order valence-corrected chi connectivity index (χ3v) is 2.55. The van der Waals surface area contributed by atoms with Gasteiger partial charge >= 0.3 is 0 Å². The fraction of sp³-hybridized carbons (Fsp3) is 0.417. The van der Waals surface area contributed by atoms with E-state index >= 15 is 0 Å². The predicted octanol–water partition coefficient (Wildman–Crippen LogP) is 2.15. The maximum Gasteiger partial charge on any atom is 0.257 e. The van der Waals surface area contributed by atoms with E-state index in [0.29, 0.717) is 24.8 Å². The molecule has 17 heavy (non-hydrogen) atoms. The largest absolute Gasteiger partial charge is 0.507 e. The lowest BCUT2D eigenvalue weighted by Crippen LogP contribution is -2.30. The van der Waals surface area contributed by atoms with Crippen molar-refractivity contribution in [3.05, 3.63) is 28.8 Å². The van der Waals surface area contributed by atoms with Gasteiger partial charge in [-0.15, -0.1) is 0 Å². The molecule has 1 aromatic rings. The SMILES string of the molecule is CCOCCN(C)C(=O)c1cc(Cl)ccc1O. The highest BCUT2D eigenvalue weighted by molar-refractivity contribution is 6.31. The number of likely N-dealkylation sites (N-methyl/N-ethyl adjacent to an activating group) is 1. The van der Waals surface area contributed by atoms with E-state index in [-0.39, 0.29) is 17.2 Å². The van der Waals surface area contributed by atoms with E-state index in [9.17, 15) is 9.90 Å². The Hall–Kier alpha value is -1.26. The van der Waals surface area contributed by atoms with Gasteiger partial charge in [-0.05, 0) is 25.1 Å². The van der Waals surface area contributed by atoms with Crippen LogP contribution in [0.2, 0.25) is 5.02 Å². The second kappa shape index (κ2) is 6.47. The maximum atomic E-state index is 12.0. The zero-order chi connectivity index (χ0) is 12.8. The molecule has 94 valence electrons. The first-order valence-electron chi connectivity index (χ1n) is 5.38. The Balaban J connectivity index is 2.71. The molecule has 0 bridgehead atoms. The van der Waals surface area contributed by atoms with Gasteiger partial charge in [-0.1, -0.05) is 11.6 Å². The Morgan fingerprint density at radius 1 is 1.53 bits per heavy atom. The van der Waals surface area contributed by atoms with Gasteiger partial charge in [0.05, 0.1) is 12.2 Å². The van der Waals surface area contributed by atoms with Crippen molar-refractivity contribution in [2.75, 3.05) is 26.8 Å². The molecular weight excluding hydrogens is 242 g/mol. The minimum atomic E-state index is -0.273. The summed E-state index contributed by atoms with van der Waals surface area (Å²) >= 11 is 5.79. The molecule has 0 aliphatic heterocycles. The summed E-state index contributed by atoms with van der Waals surface area (Å²) in [4.78, 5) is 13.5. The minimum absolute atomic E-state index is 0.0670. The maximum absolute atomic E-state index is 12.0. The van der Waals surface area contributed by atoms with Gasteiger partial charge in [-0.2, -0.15) is 0 Å². The molecule has 0 saturated heterocycles. The lowest BCUT2D eigenvalue weighted by Gasteiger charge is -2.17. The molecule has 0 saturated carbocycles. The van der Waals surface area contributed by atoms with E-state index in [4.69, 9.17) is 16.3 Å². The molecule has 0 aliphatic carbocycles. The number of hydrogen-bond donors (Lipinski definition) is 1. The molecule has 0 atom stereocenters. The molecule has 1 amide bonds. The fourth-order valence-electron chi connectivity index (χ4n) is 1.33. The van der Waals surface area contributed by atoms with Gasteiger partial charge in [0, 0.05) is 25.2 Å². The molecule has 1 rings (SSSR count). The highest BCUT2D eigenvalue weighted by Gasteiger charge is 2.15. The summed E-state index contributed by atoms with van der Waals surface area (Å²) in [6.45, 7) is 3.45. The normalized spacial score (nSPS) is 10.3. The van der Waals surface area contributed by atoms with Crippen LogP contribution >= 0.6 is 11.6 Å². The Labute approximate surface area is 106 Å². The zero-order valence-corrected chi connectivity index (χ0v) is 10.7. The average Bonchev–Trinajstić information content (AvgIpc) is 2.31. The third-order valence-electron chi connectivity index (χ3n) is 2.31. The smallest absolute Gasteiger partial charge is 0.257 e.